The third-order valence-corrected chi connectivity index (χ3v) is 4.02. The fourth-order valence-corrected chi connectivity index (χ4v) is 2.76. The molecule has 1 aliphatic rings. The summed E-state index contributed by atoms with van der Waals surface area (Å²) >= 11 is 0. The summed E-state index contributed by atoms with van der Waals surface area (Å²) in [5.41, 5.74) is 8.54. The molecule has 88 valence electrons. The molecule has 0 fully saturated rings. The van der Waals surface area contributed by atoms with Gasteiger partial charge in [0.2, 0.25) is 0 Å². The normalized spacial score (nSPS) is 27.5. The van der Waals surface area contributed by atoms with Crippen molar-refractivity contribution in [2.75, 3.05) is 13.7 Å². The highest BCUT2D eigenvalue weighted by atomic mass is 16.5. The second-order valence-electron chi connectivity index (χ2n) is 5.33. The van der Waals surface area contributed by atoms with Crippen LogP contribution in [-0.2, 0) is 15.8 Å². The number of ether oxygens (including phenoxy) is 1. The average Bonchev–Trinajstić information content (AvgIpc) is 2.31. The lowest BCUT2D eigenvalue weighted by Gasteiger charge is -2.44. The lowest BCUT2D eigenvalue weighted by Crippen LogP contribution is -2.44. The quantitative estimate of drug-likeness (QED) is 0.829. The van der Waals surface area contributed by atoms with E-state index in [1.165, 1.54) is 11.1 Å². The monoisotopic (exact) mass is 219 g/mol. The van der Waals surface area contributed by atoms with E-state index in [9.17, 15) is 0 Å². The summed E-state index contributed by atoms with van der Waals surface area (Å²) in [5, 5.41) is 0. The van der Waals surface area contributed by atoms with E-state index in [0.29, 0.717) is 6.54 Å². The summed E-state index contributed by atoms with van der Waals surface area (Å²) in [6.07, 6.45) is 2.12. The van der Waals surface area contributed by atoms with Crippen molar-refractivity contribution in [3.63, 3.8) is 0 Å². The van der Waals surface area contributed by atoms with E-state index >= 15 is 0 Å². The predicted octanol–water partition coefficient (Wildman–Crippen LogP) is 2.56. The number of hydrogen-bond acceptors (Lipinski definition) is 2. The molecule has 0 saturated heterocycles. The molecule has 1 aromatic rings. The molecule has 1 aliphatic carbocycles. The SMILES string of the molecule is COC1(CN)CCC(C)(C)c2ccccc21. The van der Waals surface area contributed by atoms with Crippen molar-refractivity contribution in [1.82, 2.24) is 0 Å². The van der Waals surface area contributed by atoms with Crippen molar-refractivity contribution in [1.29, 1.82) is 0 Å². The lowest BCUT2D eigenvalue weighted by molar-refractivity contribution is -0.0285. The van der Waals surface area contributed by atoms with Crippen LogP contribution in [0.15, 0.2) is 24.3 Å². The minimum absolute atomic E-state index is 0.230. The molecule has 0 aromatic heterocycles. The molecule has 1 aromatic carbocycles. The van der Waals surface area contributed by atoms with Crippen LogP contribution in [-0.4, -0.2) is 13.7 Å². The van der Waals surface area contributed by atoms with E-state index in [4.69, 9.17) is 10.5 Å². The molecule has 0 amide bonds. The van der Waals surface area contributed by atoms with Crippen molar-refractivity contribution in [3.05, 3.63) is 35.4 Å². The van der Waals surface area contributed by atoms with E-state index in [-0.39, 0.29) is 11.0 Å². The number of benzene rings is 1. The molecular formula is C14H21NO. The smallest absolute Gasteiger partial charge is 0.105 e. The Morgan fingerprint density at radius 2 is 1.81 bits per heavy atom. The fraction of sp³-hybridized carbons (Fsp3) is 0.571. The van der Waals surface area contributed by atoms with Crippen LogP contribution in [0.5, 0.6) is 0 Å². The Balaban J connectivity index is 2.59. The highest BCUT2D eigenvalue weighted by Crippen LogP contribution is 2.45. The molecule has 1 atom stereocenters. The van der Waals surface area contributed by atoms with E-state index in [1.807, 2.05) is 0 Å². The van der Waals surface area contributed by atoms with Gasteiger partial charge in [0, 0.05) is 13.7 Å². The number of hydrogen-bond donors (Lipinski definition) is 1. The minimum atomic E-state index is -0.272. The van der Waals surface area contributed by atoms with Gasteiger partial charge in [0.15, 0.2) is 0 Å². The van der Waals surface area contributed by atoms with E-state index < -0.39 is 0 Å². The molecule has 0 spiro atoms. The first-order valence-electron chi connectivity index (χ1n) is 5.91. The third kappa shape index (κ3) is 1.57. The summed E-state index contributed by atoms with van der Waals surface area (Å²) in [6.45, 7) is 5.14. The van der Waals surface area contributed by atoms with E-state index in [2.05, 4.69) is 38.1 Å². The first-order chi connectivity index (χ1) is 7.56. The van der Waals surface area contributed by atoms with Crippen molar-refractivity contribution >= 4 is 0 Å². The third-order valence-electron chi connectivity index (χ3n) is 4.02. The van der Waals surface area contributed by atoms with Gasteiger partial charge in [0.05, 0.1) is 0 Å². The Morgan fingerprint density at radius 3 is 2.38 bits per heavy atom. The van der Waals surface area contributed by atoms with Crippen LogP contribution in [0, 0.1) is 0 Å². The van der Waals surface area contributed by atoms with Gasteiger partial charge in [-0.25, -0.2) is 0 Å². The number of fused-ring (bicyclic) bond motifs is 1. The summed E-state index contributed by atoms with van der Waals surface area (Å²) in [6, 6.07) is 8.54. The van der Waals surface area contributed by atoms with Gasteiger partial charge in [-0.05, 0) is 29.4 Å². The molecule has 0 radical (unpaired) electrons. The predicted molar refractivity (Wildman–Crippen MR) is 66.4 cm³/mol. The minimum Gasteiger partial charge on any atom is -0.372 e. The molecule has 1 unspecified atom stereocenters. The summed E-state index contributed by atoms with van der Waals surface area (Å²) in [5.74, 6) is 0. The van der Waals surface area contributed by atoms with E-state index in [1.54, 1.807) is 7.11 Å². The summed E-state index contributed by atoms with van der Waals surface area (Å²) < 4.78 is 5.72. The molecule has 2 rings (SSSR count). The number of methoxy groups -OCH3 is 1. The average molecular weight is 219 g/mol. The molecule has 0 aliphatic heterocycles. The molecule has 0 heterocycles. The zero-order valence-corrected chi connectivity index (χ0v) is 10.4. The van der Waals surface area contributed by atoms with Crippen LogP contribution in [0.3, 0.4) is 0 Å². The molecular weight excluding hydrogens is 198 g/mol. The Labute approximate surface area is 97.8 Å². The van der Waals surface area contributed by atoms with Crippen molar-refractivity contribution in [3.8, 4) is 0 Å². The van der Waals surface area contributed by atoms with Crippen LogP contribution in [0.2, 0.25) is 0 Å². The van der Waals surface area contributed by atoms with Gasteiger partial charge in [-0.2, -0.15) is 0 Å². The first kappa shape index (κ1) is 11.6. The van der Waals surface area contributed by atoms with Gasteiger partial charge in [-0.3, -0.25) is 0 Å². The second kappa shape index (κ2) is 3.86. The van der Waals surface area contributed by atoms with Crippen LogP contribution < -0.4 is 5.73 Å². The number of nitrogens with two attached hydrogens (primary N) is 1. The van der Waals surface area contributed by atoms with Crippen LogP contribution in [0.4, 0.5) is 0 Å². The maximum Gasteiger partial charge on any atom is 0.105 e. The molecule has 2 N–H and O–H groups in total. The molecule has 0 bridgehead atoms. The van der Waals surface area contributed by atoms with Crippen molar-refractivity contribution in [2.24, 2.45) is 5.73 Å². The zero-order valence-electron chi connectivity index (χ0n) is 10.4. The molecule has 2 heteroatoms. The summed E-state index contributed by atoms with van der Waals surface area (Å²) in [7, 11) is 1.77. The lowest BCUT2D eigenvalue weighted by atomic mass is 9.67. The van der Waals surface area contributed by atoms with Gasteiger partial charge < -0.3 is 10.5 Å². The van der Waals surface area contributed by atoms with Crippen LogP contribution in [0.1, 0.15) is 37.8 Å². The van der Waals surface area contributed by atoms with Crippen LogP contribution in [0.25, 0.3) is 0 Å². The maximum absolute atomic E-state index is 5.93. The summed E-state index contributed by atoms with van der Waals surface area (Å²) in [4.78, 5) is 0. The van der Waals surface area contributed by atoms with Gasteiger partial charge in [-0.15, -0.1) is 0 Å². The van der Waals surface area contributed by atoms with Gasteiger partial charge in [0.1, 0.15) is 5.60 Å². The highest BCUT2D eigenvalue weighted by Gasteiger charge is 2.41. The van der Waals surface area contributed by atoms with Gasteiger partial charge >= 0.3 is 0 Å². The Kier molecular flexibility index (Phi) is 2.81. The Hall–Kier alpha value is -0.860. The van der Waals surface area contributed by atoms with Crippen molar-refractivity contribution < 1.29 is 4.74 Å². The number of rotatable bonds is 2. The highest BCUT2D eigenvalue weighted by molar-refractivity contribution is 5.40. The van der Waals surface area contributed by atoms with Crippen molar-refractivity contribution in [2.45, 2.75) is 37.7 Å². The van der Waals surface area contributed by atoms with E-state index in [0.717, 1.165) is 12.8 Å². The first-order valence-corrected chi connectivity index (χ1v) is 5.91. The van der Waals surface area contributed by atoms with Gasteiger partial charge in [-0.1, -0.05) is 38.1 Å². The molecule has 0 saturated carbocycles. The van der Waals surface area contributed by atoms with Crippen LogP contribution >= 0.6 is 0 Å². The Morgan fingerprint density at radius 1 is 1.19 bits per heavy atom. The maximum atomic E-state index is 5.93. The Bertz CT molecular complexity index is 380. The molecule has 16 heavy (non-hydrogen) atoms. The molecule has 2 nitrogen and oxygen atoms in total. The fourth-order valence-electron chi connectivity index (χ4n) is 2.76. The second-order valence-corrected chi connectivity index (χ2v) is 5.33. The zero-order chi connectivity index (χ0) is 11.8. The topological polar surface area (TPSA) is 35.2 Å². The standard InChI is InChI=1S/C14H21NO/c1-13(2)8-9-14(10-15,16-3)12-7-5-4-6-11(12)13/h4-7H,8-10,15H2,1-3H3. The largest absolute Gasteiger partial charge is 0.372 e. The van der Waals surface area contributed by atoms with Gasteiger partial charge in [0.25, 0.3) is 0 Å².